The number of carbonyl (C=O) groups is 8. The molecule has 296 valence electrons. The molecule has 0 spiro atoms. The minimum Gasteiger partial charge on any atom is -0.481 e. The van der Waals surface area contributed by atoms with Crippen LogP contribution in [0.1, 0.15) is 45.1 Å². The van der Waals surface area contributed by atoms with E-state index >= 15 is 0 Å². The zero-order chi connectivity index (χ0) is 40.4. The highest BCUT2D eigenvalue weighted by Gasteiger charge is 2.34. The van der Waals surface area contributed by atoms with Crippen molar-refractivity contribution in [2.45, 2.75) is 76.2 Å². The highest BCUT2D eigenvalue weighted by Crippen LogP contribution is 2.17. The van der Waals surface area contributed by atoms with E-state index in [1.54, 1.807) is 38.1 Å². The van der Waals surface area contributed by atoms with Crippen molar-refractivity contribution in [3.8, 4) is 0 Å². The summed E-state index contributed by atoms with van der Waals surface area (Å²) in [5.41, 5.74) is 11.6. The molecule has 0 radical (unpaired) electrons. The van der Waals surface area contributed by atoms with Crippen LogP contribution in [0.5, 0.6) is 0 Å². The predicted molar refractivity (Wildman–Crippen MR) is 194 cm³/mol. The third-order valence-electron chi connectivity index (χ3n) is 8.35. The molecule has 13 N–H and O–H groups in total. The number of hydrogen-bond donors (Lipinski definition) is 11. The molecule has 0 aromatic heterocycles. The van der Waals surface area contributed by atoms with E-state index in [-0.39, 0.29) is 19.6 Å². The number of aliphatic carboxylic acids is 1. The quantitative estimate of drug-likeness (QED) is 0.0496. The highest BCUT2D eigenvalue weighted by molar-refractivity contribution is 5.98. The van der Waals surface area contributed by atoms with Crippen LogP contribution >= 0.6 is 0 Å². The molecule has 2 aromatic rings. The fraction of sp³-hybridized carbons (Fsp3) is 0.486. The summed E-state index contributed by atoms with van der Waals surface area (Å²) in [5, 5.41) is 44.0. The molecule has 0 aliphatic rings. The number of aliphatic hydroxyl groups excluding tert-OH is 2. The van der Waals surface area contributed by atoms with Gasteiger partial charge in [-0.3, -0.25) is 38.4 Å². The van der Waals surface area contributed by atoms with Gasteiger partial charge in [0, 0.05) is 19.6 Å². The van der Waals surface area contributed by atoms with E-state index in [1.807, 2.05) is 18.2 Å². The Kier molecular flexibility index (Phi) is 18.5. The molecule has 0 aliphatic heterocycles. The summed E-state index contributed by atoms with van der Waals surface area (Å²) in [5.74, 6) is -8.21. The van der Waals surface area contributed by atoms with Crippen LogP contribution in [-0.4, -0.2) is 119 Å². The van der Waals surface area contributed by atoms with Crippen LogP contribution in [-0.2, 0) is 44.8 Å². The van der Waals surface area contributed by atoms with E-state index in [9.17, 15) is 43.5 Å². The summed E-state index contributed by atoms with van der Waals surface area (Å²) in [4.78, 5) is 101. The molecule has 0 bridgehead atoms. The van der Waals surface area contributed by atoms with E-state index in [4.69, 9.17) is 21.7 Å². The molecule has 2 rings (SSSR count). The Morgan fingerprint density at radius 3 is 1.96 bits per heavy atom. The van der Waals surface area contributed by atoms with Gasteiger partial charge >= 0.3 is 5.97 Å². The minimum atomic E-state index is -1.72. The first-order chi connectivity index (χ1) is 25.6. The van der Waals surface area contributed by atoms with Crippen molar-refractivity contribution >= 4 is 58.1 Å². The van der Waals surface area contributed by atoms with Crippen molar-refractivity contribution < 1.29 is 53.7 Å². The Labute approximate surface area is 311 Å². The molecule has 7 amide bonds. The lowest BCUT2D eigenvalue weighted by Gasteiger charge is -2.27. The van der Waals surface area contributed by atoms with Gasteiger partial charge in [-0.25, -0.2) is 0 Å². The van der Waals surface area contributed by atoms with Gasteiger partial charge < -0.3 is 58.7 Å². The number of fused-ring (bicyclic) bond motifs is 1. The van der Waals surface area contributed by atoms with Gasteiger partial charge in [-0.15, -0.1) is 0 Å². The molecule has 0 fully saturated rings. The largest absolute Gasteiger partial charge is 0.481 e. The second-order valence-corrected chi connectivity index (χ2v) is 12.6. The van der Waals surface area contributed by atoms with Crippen molar-refractivity contribution in [2.24, 2.45) is 17.4 Å². The number of carbonyl (C=O) groups excluding carboxylic acids is 7. The van der Waals surface area contributed by atoms with Gasteiger partial charge in [-0.1, -0.05) is 62.7 Å². The molecule has 0 heterocycles. The van der Waals surface area contributed by atoms with Crippen molar-refractivity contribution in [3.05, 3.63) is 48.0 Å². The number of hydrogen-bond acceptors (Lipinski definition) is 11. The van der Waals surface area contributed by atoms with Gasteiger partial charge in [0.25, 0.3) is 0 Å². The first kappa shape index (κ1) is 44.5. The maximum Gasteiger partial charge on any atom is 0.305 e. The van der Waals surface area contributed by atoms with E-state index in [0.29, 0.717) is 18.4 Å². The van der Waals surface area contributed by atoms with E-state index < -0.39 is 109 Å². The van der Waals surface area contributed by atoms with E-state index in [0.717, 1.165) is 10.8 Å². The monoisotopic (exact) mass is 758 g/mol. The zero-order valence-corrected chi connectivity index (χ0v) is 30.1. The van der Waals surface area contributed by atoms with Crippen LogP contribution in [0.2, 0.25) is 0 Å². The average molecular weight is 759 g/mol. The van der Waals surface area contributed by atoms with Gasteiger partial charge in [-0.05, 0) is 28.7 Å². The smallest absolute Gasteiger partial charge is 0.305 e. The molecule has 0 saturated carbocycles. The zero-order valence-electron chi connectivity index (χ0n) is 30.1. The van der Waals surface area contributed by atoms with Gasteiger partial charge in [0.2, 0.25) is 41.4 Å². The maximum atomic E-state index is 13.7. The SMILES string of the molecule is CC[C@H](C)[C@H](NC(=O)[C@H](CO)NC(=O)[C@H](CC(N)=O)NC(=O)[C@H](Cc1ccc2ccccc2c1)NC(=O)[C@@H](N)CC(=O)O)C(=O)NCC(=O)NCCCO. The fourth-order valence-corrected chi connectivity index (χ4v) is 5.12. The molecular weight excluding hydrogens is 708 g/mol. The second kappa shape index (κ2) is 22.4. The highest BCUT2D eigenvalue weighted by atomic mass is 16.4. The Morgan fingerprint density at radius 1 is 0.741 bits per heavy atom. The Morgan fingerprint density at radius 2 is 1.35 bits per heavy atom. The second-order valence-electron chi connectivity index (χ2n) is 12.6. The number of amides is 7. The van der Waals surface area contributed by atoms with Crippen molar-refractivity contribution in [1.82, 2.24) is 31.9 Å². The molecule has 0 aliphatic carbocycles. The van der Waals surface area contributed by atoms with Crippen molar-refractivity contribution in [2.75, 3.05) is 26.3 Å². The molecule has 6 atom stereocenters. The van der Waals surface area contributed by atoms with Crippen LogP contribution in [0.4, 0.5) is 0 Å². The lowest BCUT2D eigenvalue weighted by Crippen LogP contribution is -2.61. The first-order valence-electron chi connectivity index (χ1n) is 17.3. The van der Waals surface area contributed by atoms with Crippen LogP contribution in [0.15, 0.2) is 42.5 Å². The lowest BCUT2D eigenvalue weighted by molar-refractivity contribution is -0.140. The number of carboxylic acid groups (broad SMARTS) is 1. The van der Waals surface area contributed by atoms with Crippen molar-refractivity contribution in [3.63, 3.8) is 0 Å². The standard InChI is InChI=1S/C35H50N8O11/c1-3-19(2)30(35(54)39-17-28(47)38-11-6-12-44)43-34(53)26(18-45)42-33(52)25(16-27(37)46)41-32(51)24(40-31(50)23(36)15-29(48)49)14-20-9-10-21-7-4-5-8-22(21)13-20/h4-5,7-10,13,19,23-26,30,44-45H,3,6,11-12,14-18,36H2,1-2H3,(H2,37,46)(H,38,47)(H,39,54)(H,40,50)(H,41,51)(H,42,52)(H,43,53)(H,48,49)/t19-,23-,24-,25-,26-,30-/m0/s1. The Balaban J connectivity index is 2.25. The van der Waals surface area contributed by atoms with Crippen LogP contribution < -0.4 is 43.4 Å². The van der Waals surface area contributed by atoms with Gasteiger partial charge in [0.05, 0.1) is 32.0 Å². The van der Waals surface area contributed by atoms with E-state index in [2.05, 4.69) is 31.9 Å². The number of nitrogens with two attached hydrogens (primary N) is 2. The Bertz CT molecular complexity index is 1660. The number of aliphatic hydroxyl groups is 2. The first-order valence-corrected chi connectivity index (χ1v) is 17.3. The van der Waals surface area contributed by atoms with Gasteiger partial charge in [-0.2, -0.15) is 0 Å². The summed E-state index contributed by atoms with van der Waals surface area (Å²) < 4.78 is 0. The molecule has 19 nitrogen and oxygen atoms in total. The lowest BCUT2D eigenvalue weighted by atomic mass is 9.98. The normalized spacial score (nSPS) is 14.2. The van der Waals surface area contributed by atoms with Crippen LogP contribution in [0.3, 0.4) is 0 Å². The summed E-state index contributed by atoms with van der Waals surface area (Å²) >= 11 is 0. The average Bonchev–Trinajstić information content (AvgIpc) is 3.13. The van der Waals surface area contributed by atoms with Crippen LogP contribution in [0.25, 0.3) is 10.8 Å². The van der Waals surface area contributed by atoms with E-state index in [1.165, 1.54) is 0 Å². The minimum absolute atomic E-state index is 0.136. The summed E-state index contributed by atoms with van der Waals surface area (Å²) in [6.45, 7) is 2.05. The molecule has 19 heteroatoms. The third kappa shape index (κ3) is 14.8. The third-order valence-corrected chi connectivity index (χ3v) is 8.35. The molecular formula is C35H50N8O11. The molecule has 54 heavy (non-hydrogen) atoms. The molecule has 2 aromatic carbocycles. The number of nitrogens with one attached hydrogen (secondary N) is 6. The number of primary amides is 1. The summed E-state index contributed by atoms with van der Waals surface area (Å²) in [6, 6.07) is 5.00. The van der Waals surface area contributed by atoms with Gasteiger partial charge in [0.15, 0.2) is 0 Å². The summed E-state index contributed by atoms with van der Waals surface area (Å²) in [6.07, 6.45) is -0.950. The number of benzene rings is 2. The van der Waals surface area contributed by atoms with Gasteiger partial charge in [0.1, 0.15) is 24.2 Å². The van der Waals surface area contributed by atoms with Crippen LogP contribution in [0, 0.1) is 5.92 Å². The molecule has 0 saturated heterocycles. The predicted octanol–water partition coefficient (Wildman–Crippen LogP) is -3.35. The van der Waals surface area contributed by atoms with Crippen molar-refractivity contribution in [1.29, 1.82) is 0 Å². The Hall–Kier alpha value is -5.66. The summed E-state index contributed by atoms with van der Waals surface area (Å²) in [7, 11) is 0. The molecule has 0 unspecified atom stereocenters. The number of rotatable bonds is 23. The topological polar surface area (TPSA) is 321 Å². The number of carboxylic acids is 1. The maximum absolute atomic E-state index is 13.7. The fourth-order valence-electron chi connectivity index (χ4n) is 5.12.